The molecule has 1 amide bonds. The molecule has 1 saturated heterocycles. The minimum Gasteiger partial charge on any atom is -0.376 e. The zero-order valence-electron chi connectivity index (χ0n) is 10.8. The van der Waals surface area contributed by atoms with Gasteiger partial charge in [-0.1, -0.05) is 11.8 Å². The van der Waals surface area contributed by atoms with Crippen LogP contribution in [0.2, 0.25) is 0 Å². The van der Waals surface area contributed by atoms with E-state index < -0.39 is 0 Å². The summed E-state index contributed by atoms with van der Waals surface area (Å²) in [7, 11) is 0. The van der Waals surface area contributed by atoms with Crippen LogP contribution in [0.3, 0.4) is 0 Å². The molecule has 5 nitrogen and oxygen atoms in total. The number of rotatable bonds is 2. The molecule has 0 bridgehead atoms. The Balaban J connectivity index is 1.99. The van der Waals surface area contributed by atoms with Gasteiger partial charge in [0.2, 0.25) is 0 Å². The summed E-state index contributed by atoms with van der Waals surface area (Å²) in [5.74, 6) is 5.42. The summed E-state index contributed by atoms with van der Waals surface area (Å²) in [4.78, 5) is 16.1. The number of ether oxygens (including phenoxy) is 1. The van der Waals surface area contributed by atoms with Crippen LogP contribution in [0.25, 0.3) is 0 Å². The molecular weight excluding hydrogens is 242 g/mol. The molecule has 1 aliphatic heterocycles. The molecule has 1 aliphatic rings. The summed E-state index contributed by atoms with van der Waals surface area (Å²) in [6.45, 7) is 2.95. The molecule has 2 heterocycles. The maximum absolute atomic E-state index is 12.0. The maximum Gasteiger partial charge on any atom is 0.270 e. The van der Waals surface area contributed by atoms with Gasteiger partial charge < -0.3 is 15.8 Å². The smallest absolute Gasteiger partial charge is 0.270 e. The molecule has 2 unspecified atom stereocenters. The molecule has 1 aromatic heterocycles. The number of aromatic nitrogens is 1. The maximum atomic E-state index is 12.0. The molecule has 19 heavy (non-hydrogen) atoms. The van der Waals surface area contributed by atoms with Gasteiger partial charge in [0.25, 0.3) is 5.91 Å². The van der Waals surface area contributed by atoms with E-state index in [-0.39, 0.29) is 18.1 Å². The topological polar surface area (TPSA) is 77.2 Å². The number of pyridine rings is 1. The molecule has 2 atom stereocenters. The van der Waals surface area contributed by atoms with Crippen molar-refractivity contribution in [2.45, 2.75) is 25.5 Å². The predicted octanol–water partition coefficient (Wildman–Crippen LogP) is 0.299. The van der Waals surface area contributed by atoms with E-state index in [1.807, 2.05) is 6.92 Å². The van der Waals surface area contributed by atoms with E-state index in [9.17, 15) is 4.79 Å². The van der Waals surface area contributed by atoms with Crippen LogP contribution in [0.5, 0.6) is 0 Å². The van der Waals surface area contributed by atoms with Gasteiger partial charge >= 0.3 is 0 Å². The summed E-state index contributed by atoms with van der Waals surface area (Å²) >= 11 is 0. The van der Waals surface area contributed by atoms with Crippen LogP contribution in [0.15, 0.2) is 18.3 Å². The Kier molecular flexibility index (Phi) is 4.50. The average Bonchev–Trinajstić information content (AvgIpc) is 2.82. The highest BCUT2D eigenvalue weighted by atomic mass is 16.5. The third-order valence-corrected chi connectivity index (χ3v) is 3.02. The van der Waals surface area contributed by atoms with Gasteiger partial charge in [-0.15, -0.1) is 0 Å². The van der Waals surface area contributed by atoms with Gasteiger partial charge in [-0.05, 0) is 25.5 Å². The highest BCUT2D eigenvalue weighted by molar-refractivity contribution is 5.92. The highest BCUT2D eigenvalue weighted by Gasteiger charge is 2.26. The molecule has 100 valence electrons. The third kappa shape index (κ3) is 3.53. The number of carbonyl (C=O) groups is 1. The van der Waals surface area contributed by atoms with Crippen LogP contribution in [0, 0.1) is 11.8 Å². The minimum atomic E-state index is -0.180. The Hall–Kier alpha value is -1.90. The molecule has 5 heteroatoms. The number of carbonyl (C=O) groups excluding carboxylic acids is 1. The number of hydrogen-bond donors (Lipinski definition) is 2. The first-order chi connectivity index (χ1) is 9.20. The number of amides is 1. The summed E-state index contributed by atoms with van der Waals surface area (Å²) in [5, 5.41) is 2.93. The summed E-state index contributed by atoms with van der Waals surface area (Å²) < 4.78 is 5.40. The highest BCUT2D eigenvalue weighted by Crippen LogP contribution is 2.13. The lowest BCUT2D eigenvalue weighted by molar-refractivity contribution is 0.0862. The molecule has 0 spiro atoms. The van der Waals surface area contributed by atoms with E-state index in [2.05, 4.69) is 22.1 Å². The Morgan fingerprint density at radius 3 is 3.05 bits per heavy atom. The normalized spacial score (nSPS) is 21.6. The lowest BCUT2D eigenvalue weighted by Crippen LogP contribution is -2.39. The van der Waals surface area contributed by atoms with Crippen LogP contribution in [-0.2, 0) is 4.74 Å². The van der Waals surface area contributed by atoms with Gasteiger partial charge in [0.15, 0.2) is 0 Å². The van der Waals surface area contributed by atoms with Crippen molar-refractivity contribution < 1.29 is 9.53 Å². The van der Waals surface area contributed by atoms with Crippen molar-refractivity contribution in [1.82, 2.24) is 10.3 Å². The monoisotopic (exact) mass is 259 g/mol. The first kappa shape index (κ1) is 13.5. The minimum absolute atomic E-state index is 0.0543. The fraction of sp³-hybridized carbons (Fsp3) is 0.429. The van der Waals surface area contributed by atoms with Gasteiger partial charge in [-0.3, -0.25) is 4.79 Å². The van der Waals surface area contributed by atoms with E-state index in [0.29, 0.717) is 18.8 Å². The standard InChI is InChI=1S/C14H17N3O2/c1-10-12(6-8-19-10)17-14(18)13-5-4-11(9-16-13)3-2-7-15/h4-5,9-10,12H,6-8,15H2,1H3,(H,17,18). The van der Waals surface area contributed by atoms with Crippen molar-refractivity contribution in [3.8, 4) is 11.8 Å². The molecular formula is C14H17N3O2. The van der Waals surface area contributed by atoms with Crippen LogP contribution in [-0.4, -0.2) is 36.2 Å². The number of nitrogens with zero attached hydrogens (tertiary/aromatic N) is 1. The number of hydrogen-bond acceptors (Lipinski definition) is 4. The van der Waals surface area contributed by atoms with Gasteiger partial charge in [0, 0.05) is 18.4 Å². The predicted molar refractivity (Wildman–Crippen MR) is 71.5 cm³/mol. The Morgan fingerprint density at radius 2 is 2.47 bits per heavy atom. The molecule has 1 aromatic rings. The van der Waals surface area contributed by atoms with E-state index in [1.165, 1.54) is 0 Å². The fourth-order valence-corrected chi connectivity index (χ4v) is 1.92. The van der Waals surface area contributed by atoms with E-state index in [4.69, 9.17) is 10.5 Å². The van der Waals surface area contributed by atoms with Crippen molar-refractivity contribution in [1.29, 1.82) is 0 Å². The van der Waals surface area contributed by atoms with Crippen LogP contribution >= 0.6 is 0 Å². The third-order valence-electron chi connectivity index (χ3n) is 3.02. The zero-order chi connectivity index (χ0) is 13.7. The largest absolute Gasteiger partial charge is 0.376 e. The van der Waals surface area contributed by atoms with Crippen LogP contribution in [0.1, 0.15) is 29.4 Å². The number of nitrogens with two attached hydrogens (primary N) is 1. The van der Waals surface area contributed by atoms with Crippen molar-refractivity contribution in [3.05, 3.63) is 29.6 Å². The quantitative estimate of drug-likeness (QED) is 0.749. The second-order valence-corrected chi connectivity index (χ2v) is 4.38. The zero-order valence-corrected chi connectivity index (χ0v) is 10.8. The molecule has 3 N–H and O–H groups in total. The number of nitrogens with one attached hydrogen (secondary N) is 1. The lowest BCUT2D eigenvalue weighted by atomic mass is 10.1. The molecule has 0 aliphatic carbocycles. The van der Waals surface area contributed by atoms with Crippen LogP contribution in [0.4, 0.5) is 0 Å². The Labute approximate surface area is 112 Å². The molecule has 2 rings (SSSR count). The lowest BCUT2D eigenvalue weighted by Gasteiger charge is -2.15. The van der Waals surface area contributed by atoms with Gasteiger partial charge in [-0.2, -0.15) is 0 Å². The first-order valence-electron chi connectivity index (χ1n) is 6.28. The second kappa shape index (κ2) is 6.32. The molecule has 1 fully saturated rings. The van der Waals surface area contributed by atoms with Crippen molar-refractivity contribution in [2.24, 2.45) is 5.73 Å². The summed E-state index contributed by atoms with van der Waals surface area (Å²) in [6, 6.07) is 3.49. The molecule has 0 saturated carbocycles. The van der Waals surface area contributed by atoms with Crippen molar-refractivity contribution in [2.75, 3.05) is 13.2 Å². The molecule has 0 aromatic carbocycles. The summed E-state index contributed by atoms with van der Waals surface area (Å²) in [6.07, 6.45) is 2.47. The summed E-state index contributed by atoms with van der Waals surface area (Å²) in [5.41, 5.74) is 6.42. The fourth-order valence-electron chi connectivity index (χ4n) is 1.92. The van der Waals surface area contributed by atoms with Crippen molar-refractivity contribution in [3.63, 3.8) is 0 Å². The Bertz CT molecular complexity index is 502. The SMILES string of the molecule is CC1OCCC1NC(=O)c1ccc(C#CCN)cn1. The van der Waals surface area contributed by atoms with Gasteiger partial charge in [-0.25, -0.2) is 4.98 Å². The second-order valence-electron chi connectivity index (χ2n) is 4.38. The van der Waals surface area contributed by atoms with Crippen LogP contribution < -0.4 is 11.1 Å². The van der Waals surface area contributed by atoms with E-state index in [1.54, 1.807) is 18.3 Å². The first-order valence-corrected chi connectivity index (χ1v) is 6.28. The van der Waals surface area contributed by atoms with Crippen molar-refractivity contribution >= 4 is 5.91 Å². The Morgan fingerprint density at radius 1 is 1.63 bits per heavy atom. The van der Waals surface area contributed by atoms with E-state index >= 15 is 0 Å². The average molecular weight is 259 g/mol. The van der Waals surface area contributed by atoms with E-state index in [0.717, 1.165) is 12.0 Å². The van der Waals surface area contributed by atoms with Gasteiger partial charge in [0.1, 0.15) is 5.69 Å². The van der Waals surface area contributed by atoms with Gasteiger partial charge in [0.05, 0.1) is 18.7 Å². The molecule has 0 radical (unpaired) electrons.